The highest BCUT2D eigenvalue weighted by molar-refractivity contribution is 7.15. The third kappa shape index (κ3) is 4.24. The molecule has 0 aliphatic carbocycles. The fourth-order valence-corrected chi connectivity index (χ4v) is 4.25. The molecule has 0 aliphatic rings. The second kappa shape index (κ2) is 8.89. The first-order valence-corrected chi connectivity index (χ1v) is 10.7. The molecule has 1 amide bonds. The van der Waals surface area contributed by atoms with Gasteiger partial charge in [-0.15, -0.1) is 11.3 Å². The molecule has 0 atom stereocenters. The van der Waals surface area contributed by atoms with Gasteiger partial charge in [0.2, 0.25) is 0 Å². The number of thiophene rings is 1. The molecule has 2 aromatic carbocycles. The third-order valence-corrected chi connectivity index (χ3v) is 5.77. The van der Waals surface area contributed by atoms with Crippen LogP contribution in [0.5, 0.6) is 10.9 Å². The van der Waals surface area contributed by atoms with E-state index in [1.165, 1.54) is 29.8 Å². The predicted octanol–water partition coefficient (Wildman–Crippen LogP) is 5.70. The number of thiazole rings is 1. The number of anilines is 1. The van der Waals surface area contributed by atoms with E-state index >= 15 is 0 Å². The fraction of sp³-hybridized carbons (Fsp3) is 0.0455. The molecule has 150 valence electrons. The van der Waals surface area contributed by atoms with Crippen LogP contribution in [0, 0.1) is 0 Å². The van der Waals surface area contributed by atoms with Gasteiger partial charge in [0.15, 0.2) is 0 Å². The molecule has 4 aromatic rings. The lowest BCUT2D eigenvalue weighted by atomic mass is 10.0. The summed E-state index contributed by atoms with van der Waals surface area (Å²) in [6.07, 6.45) is 1.66. The Morgan fingerprint density at radius 2 is 1.77 bits per heavy atom. The van der Waals surface area contributed by atoms with E-state index < -0.39 is 5.97 Å². The first kappa shape index (κ1) is 19.8. The fourth-order valence-electron chi connectivity index (χ4n) is 2.80. The van der Waals surface area contributed by atoms with Crippen molar-refractivity contribution in [2.45, 2.75) is 0 Å². The lowest BCUT2D eigenvalue weighted by Gasteiger charge is -2.08. The number of hydrogen-bond acceptors (Lipinski definition) is 7. The standard InChI is InChI=1S/C22H16N2O4S2/c1-27-21(26)18-17(14-5-3-2-4-6-14)13-30-20(18)24-19(25)15-7-9-16(10-8-15)28-22-23-11-12-29-22/h2-13H,1H3,(H,24,25). The van der Waals surface area contributed by atoms with E-state index in [0.29, 0.717) is 27.1 Å². The number of rotatable bonds is 6. The molecule has 1 N–H and O–H groups in total. The Morgan fingerprint density at radius 3 is 2.43 bits per heavy atom. The zero-order valence-corrected chi connectivity index (χ0v) is 17.5. The monoisotopic (exact) mass is 436 g/mol. The van der Waals surface area contributed by atoms with Crippen molar-refractivity contribution < 1.29 is 19.1 Å². The Bertz CT molecular complexity index is 1150. The number of carbonyl (C=O) groups excluding carboxylic acids is 2. The van der Waals surface area contributed by atoms with Gasteiger partial charge >= 0.3 is 5.97 Å². The zero-order valence-electron chi connectivity index (χ0n) is 15.8. The molecule has 6 nitrogen and oxygen atoms in total. The Labute approximate surface area is 180 Å². The van der Waals surface area contributed by atoms with Crippen molar-refractivity contribution in [1.82, 2.24) is 4.98 Å². The number of ether oxygens (including phenoxy) is 2. The Kier molecular flexibility index (Phi) is 5.87. The number of aromatic nitrogens is 1. The SMILES string of the molecule is COC(=O)c1c(-c2ccccc2)csc1NC(=O)c1ccc(Oc2nccs2)cc1. The van der Waals surface area contributed by atoms with Crippen molar-refractivity contribution in [3.63, 3.8) is 0 Å². The van der Waals surface area contributed by atoms with Crippen LogP contribution < -0.4 is 10.1 Å². The van der Waals surface area contributed by atoms with Crippen LogP contribution in [0.1, 0.15) is 20.7 Å². The van der Waals surface area contributed by atoms with E-state index in [1.54, 1.807) is 30.5 Å². The van der Waals surface area contributed by atoms with Gasteiger partial charge in [-0.2, -0.15) is 0 Å². The van der Waals surface area contributed by atoms with Gasteiger partial charge in [-0.25, -0.2) is 9.78 Å². The smallest absolute Gasteiger partial charge is 0.341 e. The topological polar surface area (TPSA) is 77.5 Å². The van der Waals surface area contributed by atoms with Gasteiger partial charge in [0.1, 0.15) is 16.3 Å². The van der Waals surface area contributed by atoms with Crippen molar-refractivity contribution in [1.29, 1.82) is 0 Å². The molecule has 8 heteroatoms. The van der Waals surface area contributed by atoms with Crippen LogP contribution in [0.3, 0.4) is 0 Å². The molecule has 0 unspecified atom stereocenters. The molecule has 4 rings (SSSR count). The summed E-state index contributed by atoms with van der Waals surface area (Å²) in [6, 6.07) is 16.2. The van der Waals surface area contributed by atoms with Gasteiger partial charge in [0.25, 0.3) is 11.1 Å². The molecule has 0 radical (unpaired) electrons. The Hall–Kier alpha value is -3.49. The Morgan fingerprint density at radius 1 is 1.00 bits per heavy atom. The molecule has 30 heavy (non-hydrogen) atoms. The van der Waals surface area contributed by atoms with Crippen molar-refractivity contribution in [2.75, 3.05) is 12.4 Å². The zero-order chi connectivity index (χ0) is 20.9. The van der Waals surface area contributed by atoms with Gasteiger partial charge in [0, 0.05) is 28.1 Å². The summed E-state index contributed by atoms with van der Waals surface area (Å²) in [7, 11) is 1.32. The molecule has 0 bridgehead atoms. The van der Waals surface area contributed by atoms with Crippen molar-refractivity contribution in [3.05, 3.63) is 82.7 Å². The number of esters is 1. The highest BCUT2D eigenvalue weighted by Crippen LogP contribution is 2.36. The van der Waals surface area contributed by atoms with E-state index in [-0.39, 0.29) is 5.91 Å². The first-order chi connectivity index (χ1) is 14.7. The van der Waals surface area contributed by atoms with Crippen LogP contribution in [-0.4, -0.2) is 24.0 Å². The van der Waals surface area contributed by atoms with Gasteiger partial charge in [-0.05, 0) is 29.8 Å². The minimum absolute atomic E-state index is 0.331. The molecule has 2 aromatic heterocycles. The number of nitrogens with one attached hydrogen (secondary N) is 1. The van der Waals surface area contributed by atoms with Crippen LogP contribution >= 0.6 is 22.7 Å². The lowest BCUT2D eigenvalue weighted by molar-refractivity contribution is 0.0603. The molecule has 2 heterocycles. The largest absolute Gasteiger partial charge is 0.465 e. The predicted molar refractivity (Wildman–Crippen MR) is 118 cm³/mol. The lowest BCUT2D eigenvalue weighted by Crippen LogP contribution is -2.14. The van der Waals surface area contributed by atoms with Crippen LogP contribution in [0.25, 0.3) is 11.1 Å². The van der Waals surface area contributed by atoms with Gasteiger partial charge in [-0.1, -0.05) is 41.7 Å². The number of methoxy groups -OCH3 is 1. The van der Waals surface area contributed by atoms with Gasteiger partial charge < -0.3 is 14.8 Å². The maximum absolute atomic E-state index is 12.7. The normalized spacial score (nSPS) is 10.4. The summed E-state index contributed by atoms with van der Waals surface area (Å²) in [5.74, 6) is -0.251. The minimum atomic E-state index is -0.502. The minimum Gasteiger partial charge on any atom is -0.465 e. The van der Waals surface area contributed by atoms with Crippen molar-refractivity contribution in [2.24, 2.45) is 0 Å². The highest BCUT2D eigenvalue weighted by atomic mass is 32.1. The van der Waals surface area contributed by atoms with E-state index in [0.717, 1.165) is 11.1 Å². The molecule has 0 spiro atoms. The van der Waals surface area contributed by atoms with Gasteiger partial charge in [0.05, 0.1) is 7.11 Å². The number of hydrogen-bond donors (Lipinski definition) is 1. The van der Waals surface area contributed by atoms with E-state index in [9.17, 15) is 9.59 Å². The average molecular weight is 437 g/mol. The van der Waals surface area contributed by atoms with Crippen LogP contribution in [-0.2, 0) is 4.74 Å². The first-order valence-electron chi connectivity index (χ1n) is 8.89. The van der Waals surface area contributed by atoms with Gasteiger partial charge in [-0.3, -0.25) is 4.79 Å². The van der Waals surface area contributed by atoms with E-state index in [4.69, 9.17) is 9.47 Å². The summed E-state index contributed by atoms with van der Waals surface area (Å²) >= 11 is 2.66. The molecule has 0 fully saturated rings. The summed E-state index contributed by atoms with van der Waals surface area (Å²) in [5, 5.41) is 7.45. The summed E-state index contributed by atoms with van der Waals surface area (Å²) in [5.41, 5.74) is 2.37. The van der Waals surface area contributed by atoms with Crippen LogP contribution in [0.2, 0.25) is 0 Å². The van der Waals surface area contributed by atoms with Crippen LogP contribution in [0.4, 0.5) is 5.00 Å². The average Bonchev–Trinajstić information content (AvgIpc) is 3.44. The maximum atomic E-state index is 12.7. The molecule has 0 saturated carbocycles. The number of amides is 1. The molecular weight excluding hydrogens is 420 g/mol. The second-order valence-electron chi connectivity index (χ2n) is 6.09. The van der Waals surface area contributed by atoms with Crippen molar-refractivity contribution in [3.8, 4) is 22.1 Å². The summed E-state index contributed by atoms with van der Waals surface area (Å²) < 4.78 is 10.6. The molecule has 0 saturated heterocycles. The van der Waals surface area contributed by atoms with E-state index in [1.807, 2.05) is 41.1 Å². The molecular formula is C22H16N2O4S2. The molecule has 0 aliphatic heterocycles. The number of nitrogens with zero attached hydrogens (tertiary/aromatic N) is 1. The quantitative estimate of drug-likeness (QED) is 0.392. The summed E-state index contributed by atoms with van der Waals surface area (Å²) in [6.45, 7) is 0. The third-order valence-electron chi connectivity index (χ3n) is 4.22. The van der Waals surface area contributed by atoms with Crippen LogP contribution in [0.15, 0.2) is 71.6 Å². The second-order valence-corrected chi connectivity index (χ2v) is 7.83. The maximum Gasteiger partial charge on any atom is 0.341 e. The van der Waals surface area contributed by atoms with Crippen molar-refractivity contribution >= 4 is 39.6 Å². The number of carbonyl (C=O) groups is 2. The number of benzene rings is 2. The summed E-state index contributed by atoms with van der Waals surface area (Å²) in [4.78, 5) is 29.2. The highest BCUT2D eigenvalue weighted by Gasteiger charge is 2.22. The van der Waals surface area contributed by atoms with E-state index in [2.05, 4.69) is 10.3 Å². The Balaban J connectivity index is 1.55.